The zero-order valence-electron chi connectivity index (χ0n) is 12.3. The molecule has 1 aromatic heterocycles. The summed E-state index contributed by atoms with van der Waals surface area (Å²) in [5, 5.41) is 7.21. The van der Waals surface area contributed by atoms with E-state index in [9.17, 15) is 18.4 Å². The molecule has 2 N–H and O–H groups in total. The largest absolute Gasteiger partial charge is 0.451 e. The highest BCUT2D eigenvalue weighted by atomic mass is 32.1. The zero-order valence-corrected chi connectivity index (χ0v) is 13.2. The smallest absolute Gasteiger partial charge is 0.358 e. The number of halogens is 2. The summed E-state index contributed by atoms with van der Waals surface area (Å²) in [6, 6.07) is 2.90. The number of benzene rings is 1. The number of ether oxygens (including phenoxy) is 1. The van der Waals surface area contributed by atoms with E-state index in [1.54, 1.807) is 6.08 Å². The Balaban J connectivity index is 1.84. The van der Waals surface area contributed by atoms with E-state index in [1.807, 2.05) is 0 Å². The van der Waals surface area contributed by atoms with E-state index < -0.39 is 30.1 Å². The fraction of sp³-hybridized carbons (Fsp3) is 0.133. The summed E-state index contributed by atoms with van der Waals surface area (Å²) in [5.41, 5.74) is 0.117. The standard InChI is InChI=1S/C15H13F2N3O3S/c1-2-5-18-15-20-12(8-24-15)14(22)23-7-13(21)19-9-3-4-10(16)11(17)6-9/h2-4,6,8H,1,5,7H2,(H,18,20)(H,19,21). The number of nitrogens with zero attached hydrogens (tertiary/aromatic N) is 1. The minimum atomic E-state index is -1.09. The van der Waals surface area contributed by atoms with E-state index in [0.717, 1.165) is 12.1 Å². The maximum absolute atomic E-state index is 13.0. The van der Waals surface area contributed by atoms with E-state index in [4.69, 9.17) is 4.74 Å². The number of thiazole rings is 1. The Labute approximate surface area is 140 Å². The summed E-state index contributed by atoms with van der Waals surface area (Å²) in [6.45, 7) is 3.47. The van der Waals surface area contributed by atoms with Crippen molar-refractivity contribution in [3.8, 4) is 0 Å². The second kappa shape index (κ2) is 8.16. The average molecular weight is 353 g/mol. The molecule has 6 nitrogen and oxygen atoms in total. The van der Waals surface area contributed by atoms with Crippen LogP contribution in [0.4, 0.5) is 19.6 Å². The number of rotatable bonds is 7. The van der Waals surface area contributed by atoms with Gasteiger partial charge in [-0.2, -0.15) is 0 Å². The number of carbonyl (C=O) groups excluding carboxylic acids is 2. The van der Waals surface area contributed by atoms with Gasteiger partial charge in [-0.05, 0) is 12.1 Å². The lowest BCUT2D eigenvalue weighted by Crippen LogP contribution is -2.21. The van der Waals surface area contributed by atoms with Crippen molar-refractivity contribution in [3.63, 3.8) is 0 Å². The molecule has 0 spiro atoms. The Kier molecular flexibility index (Phi) is 5.96. The number of hydrogen-bond acceptors (Lipinski definition) is 6. The van der Waals surface area contributed by atoms with Crippen LogP contribution in [0.25, 0.3) is 0 Å². The lowest BCUT2D eigenvalue weighted by atomic mass is 10.3. The van der Waals surface area contributed by atoms with Crippen molar-refractivity contribution < 1.29 is 23.1 Å². The second-order valence-electron chi connectivity index (χ2n) is 4.46. The van der Waals surface area contributed by atoms with Crippen LogP contribution in [-0.4, -0.2) is 30.0 Å². The van der Waals surface area contributed by atoms with Crippen LogP contribution in [0.15, 0.2) is 36.2 Å². The molecular formula is C15H13F2N3O3S. The van der Waals surface area contributed by atoms with Crippen molar-refractivity contribution in [2.24, 2.45) is 0 Å². The fourth-order valence-corrected chi connectivity index (χ4v) is 2.27. The molecule has 9 heteroatoms. The zero-order chi connectivity index (χ0) is 17.5. The molecular weight excluding hydrogens is 340 g/mol. The summed E-state index contributed by atoms with van der Waals surface area (Å²) >= 11 is 1.21. The van der Waals surface area contributed by atoms with Crippen LogP contribution in [0.2, 0.25) is 0 Å². The molecule has 1 amide bonds. The van der Waals surface area contributed by atoms with Crippen LogP contribution >= 0.6 is 11.3 Å². The second-order valence-corrected chi connectivity index (χ2v) is 5.32. The first-order valence-corrected chi connectivity index (χ1v) is 7.60. The Morgan fingerprint density at radius 1 is 1.33 bits per heavy atom. The molecule has 0 fully saturated rings. The van der Waals surface area contributed by atoms with Gasteiger partial charge in [-0.1, -0.05) is 6.08 Å². The summed E-state index contributed by atoms with van der Waals surface area (Å²) in [6.07, 6.45) is 1.64. The summed E-state index contributed by atoms with van der Waals surface area (Å²) in [5.74, 6) is -3.57. The van der Waals surface area contributed by atoms with Crippen molar-refractivity contribution in [1.82, 2.24) is 4.98 Å². The predicted octanol–water partition coefficient (Wildman–Crippen LogP) is 2.81. The third kappa shape index (κ3) is 4.85. The first kappa shape index (κ1) is 17.5. The molecule has 0 aliphatic heterocycles. The molecule has 0 bridgehead atoms. The molecule has 126 valence electrons. The first-order chi connectivity index (χ1) is 11.5. The quantitative estimate of drug-likeness (QED) is 0.591. The minimum Gasteiger partial charge on any atom is -0.451 e. The highest BCUT2D eigenvalue weighted by Crippen LogP contribution is 2.16. The van der Waals surface area contributed by atoms with Crippen LogP contribution in [-0.2, 0) is 9.53 Å². The summed E-state index contributed by atoms with van der Waals surface area (Å²) < 4.78 is 30.6. The van der Waals surface area contributed by atoms with Crippen LogP contribution in [0, 0.1) is 11.6 Å². The van der Waals surface area contributed by atoms with Gasteiger partial charge < -0.3 is 15.4 Å². The molecule has 2 rings (SSSR count). The molecule has 0 saturated carbocycles. The van der Waals surface area contributed by atoms with Crippen molar-refractivity contribution in [2.75, 3.05) is 23.8 Å². The van der Waals surface area contributed by atoms with E-state index in [0.29, 0.717) is 11.7 Å². The molecule has 0 radical (unpaired) electrons. The number of anilines is 2. The molecule has 24 heavy (non-hydrogen) atoms. The van der Waals surface area contributed by atoms with Crippen molar-refractivity contribution in [3.05, 3.63) is 53.6 Å². The molecule has 1 heterocycles. The Bertz CT molecular complexity index is 764. The van der Waals surface area contributed by atoms with Gasteiger partial charge in [-0.15, -0.1) is 17.9 Å². The Hall–Kier alpha value is -2.81. The van der Waals surface area contributed by atoms with Crippen LogP contribution in [0.1, 0.15) is 10.5 Å². The first-order valence-electron chi connectivity index (χ1n) is 6.72. The van der Waals surface area contributed by atoms with Gasteiger partial charge in [0, 0.05) is 23.7 Å². The molecule has 0 aliphatic rings. The molecule has 0 atom stereocenters. The SMILES string of the molecule is C=CCNc1nc(C(=O)OCC(=O)Nc2ccc(F)c(F)c2)cs1. The fourth-order valence-electron chi connectivity index (χ4n) is 1.58. The van der Waals surface area contributed by atoms with E-state index in [2.05, 4.69) is 22.2 Å². The highest BCUT2D eigenvalue weighted by molar-refractivity contribution is 7.13. The monoisotopic (exact) mass is 353 g/mol. The highest BCUT2D eigenvalue weighted by Gasteiger charge is 2.14. The number of esters is 1. The maximum Gasteiger partial charge on any atom is 0.358 e. The molecule has 0 saturated heterocycles. The van der Waals surface area contributed by atoms with Crippen molar-refractivity contribution in [2.45, 2.75) is 0 Å². The summed E-state index contributed by atoms with van der Waals surface area (Å²) in [4.78, 5) is 27.4. The van der Waals surface area contributed by atoms with Crippen LogP contribution in [0.3, 0.4) is 0 Å². The molecule has 0 aliphatic carbocycles. The summed E-state index contributed by atoms with van der Waals surface area (Å²) in [7, 11) is 0. The normalized spacial score (nSPS) is 10.1. The number of aromatic nitrogens is 1. The lowest BCUT2D eigenvalue weighted by molar-refractivity contribution is -0.119. The van der Waals surface area contributed by atoms with Gasteiger partial charge in [0.05, 0.1) is 0 Å². The van der Waals surface area contributed by atoms with E-state index >= 15 is 0 Å². The van der Waals surface area contributed by atoms with Gasteiger partial charge in [0.2, 0.25) is 0 Å². The van der Waals surface area contributed by atoms with Gasteiger partial charge >= 0.3 is 5.97 Å². The van der Waals surface area contributed by atoms with Gasteiger partial charge in [0.15, 0.2) is 29.1 Å². The van der Waals surface area contributed by atoms with Crippen molar-refractivity contribution in [1.29, 1.82) is 0 Å². The van der Waals surface area contributed by atoms with Gasteiger partial charge in [0.25, 0.3) is 5.91 Å². The Morgan fingerprint density at radius 2 is 2.12 bits per heavy atom. The van der Waals surface area contributed by atoms with Crippen molar-refractivity contribution >= 4 is 34.0 Å². The van der Waals surface area contributed by atoms with Gasteiger partial charge in [-0.25, -0.2) is 18.6 Å². The number of amides is 1. The van der Waals surface area contributed by atoms with Crippen LogP contribution in [0.5, 0.6) is 0 Å². The number of hydrogen-bond donors (Lipinski definition) is 2. The Morgan fingerprint density at radius 3 is 2.83 bits per heavy atom. The third-order valence-corrected chi connectivity index (χ3v) is 3.45. The molecule has 0 unspecified atom stereocenters. The maximum atomic E-state index is 13.0. The molecule has 2 aromatic rings. The predicted molar refractivity (Wildman–Crippen MR) is 86.1 cm³/mol. The van der Waals surface area contributed by atoms with Gasteiger partial charge in [-0.3, -0.25) is 4.79 Å². The topological polar surface area (TPSA) is 80.3 Å². The van der Waals surface area contributed by atoms with Gasteiger partial charge in [0.1, 0.15) is 0 Å². The average Bonchev–Trinajstić information content (AvgIpc) is 3.03. The lowest BCUT2D eigenvalue weighted by Gasteiger charge is -2.06. The van der Waals surface area contributed by atoms with E-state index in [-0.39, 0.29) is 11.4 Å². The molecule has 1 aromatic carbocycles. The van der Waals surface area contributed by atoms with E-state index in [1.165, 1.54) is 22.8 Å². The third-order valence-electron chi connectivity index (χ3n) is 2.65. The number of carbonyl (C=O) groups is 2. The minimum absolute atomic E-state index is 0.0551. The number of nitrogens with one attached hydrogen (secondary N) is 2. The van der Waals surface area contributed by atoms with Crippen LogP contribution < -0.4 is 10.6 Å².